The maximum atomic E-state index is 13.4. The van der Waals surface area contributed by atoms with Crippen LogP contribution in [0, 0.1) is 23.2 Å². The second-order valence-electron chi connectivity index (χ2n) is 9.50. The summed E-state index contributed by atoms with van der Waals surface area (Å²) in [5.74, 6) is -0.947. The van der Waals surface area contributed by atoms with E-state index in [1.54, 1.807) is 4.90 Å². The first-order valence-corrected chi connectivity index (χ1v) is 13.1. The molecule has 9 nitrogen and oxygen atoms in total. The number of likely N-dealkylation sites (tertiary alicyclic amines) is 1. The molecule has 0 spiro atoms. The number of hydrogen-bond donors (Lipinski definition) is 1. The van der Waals surface area contributed by atoms with E-state index in [0.29, 0.717) is 32.4 Å². The van der Waals surface area contributed by atoms with Crippen molar-refractivity contribution in [3.8, 4) is 6.07 Å². The topological polar surface area (TPSA) is 114 Å². The van der Waals surface area contributed by atoms with Crippen LogP contribution < -0.4 is 5.32 Å². The molecule has 0 radical (unpaired) electrons. The van der Waals surface area contributed by atoms with E-state index in [1.807, 2.05) is 18.2 Å². The van der Waals surface area contributed by atoms with Crippen LogP contribution in [0.15, 0.2) is 24.3 Å². The number of rotatable bonds is 5. The third kappa shape index (κ3) is 4.03. The van der Waals surface area contributed by atoms with E-state index < -0.39 is 22.2 Å². The minimum absolute atomic E-state index is 0.00432. The highest BCUT2D eigenvalue weighted by Crippen LogP contribution is 2.34. The molecule has 0 aromatic heterocycles. The lowest BCUT2D eigenvalue weighted by atomic mass is 9.83. The average molecular weight is 472 g/mol. The third-order valence-electron chi connectivity index (χ3n) is 7.43. The van der Waals surface area contributed by atoms with Crippen LogP contribution >= 0.6 is 0 Å². The lowest BCUT2D eigenvalue weighted by Crippen LogP contribution is -2.57. The molecule has 1 aromatic carbocycles. The molecular formula is C23H29N5O4S. The Morgan fingerprint density at radius 2 is 1.79 bits per heavy atom. The van der Waals surface area contributed by atoms with Gasteiger partial charge in [0.05, 0.1) is 23.9 Å². The fraction of sp³-hybridized carbons (Fsp3) is 0.609. The van der Waals surface area contributed by atoms with Crippen molar-refractivity contribution in [2.24, 2.45) is 11.8 Å². The second kappa shape index (κ2) is 8.70. The van der Waals surface area contributed by atoms with Gasteiger partial charge in [0.25, 0.3) is 10.2 Å². The first-order chi connectivity index (χ1) is 15.9. The van der Waals surface area contributed by atoms with Crippen LogP contribution in [0.2, 0.25) is 0 Å². The molecule has 5 rings (SSSR count). The van der Waals surface area contributed by atoms with E-state index in [0.717, 1.165) is 18.4 Å². The van der Waals surface area contributed by atoms with Crippen LogP contribution in [0.25, 0.3) is 0 Å². The zero-order chi connectivity index (χ0) is 23.2. The Labute approximate surface area is 194 Å². The van der Waals surface area contributed by atoms with Crippen LogP contribution in [0.5, 0.6) is 0 Å². The summed E-state index contributed by atoms with van der Waals surface area (Å²) in [4.78, 5) is 28.1. The van der Waals surface area contributed by atoms with Gasteiger partial charge in [0.2, 0.25) is 11.8 Å². The van der Waals surface area contributed by atoms with Crippen molar-refractivity contribution in [3.05, 3.63) is 35.4 Å². The smallest absolute Gasteiger partial charge is 0.282 e. The molecule has 1 aromatic rings. The summed E-state index contributed by atoms with van der Waals surface area (Å²) >= 11 is 0. The molecule has 10 heteroatoms. The van der Waals surface area contributed by atoms with Crippen molar-refractivity contribution >= 4 is 22.0 Å². The molecule has 0 unspecified atom stereocenters. The lowest BCUT2D eigenvalue weighted by molar-refractivity contribution is -0.142. The highest BCUT2D eigenvalue weighted by atomic mass is 32.2. The van der Waals surface area contributed by atoms with Crippen LogP contribution in [0.3, 0.4) is 0 Å². The van der Waals surface area contributed by atoms with Crippen molar-refractivity contribution in [1.29, 1.82) is 5.26 Å². The van der Waals surface area contributed by atoms with Gasteiger partial charge < -0.3 is 10.2 Å². The van der Waals surface area contributed by atoms with Gasteiger partial charge in [-0.3, -0.25) is 9.59 Å². The minimum Gasteiger partial charge on any atom is -0.347 e. The number of nitrogens with one attached hydrogen (secondary N) is 1. The number of carbonyl (C=O) groups is 2. The number of piperidine rings is 1. The zero-order valence-electron chi connectivity index (χ0n) is 18.5. The maximum absolute atomic E-state index is 13.4. The van der Waals surface area contributed by atoms with Gasteiger partial charge in [0.1, 0.15) is 6.04 Å². The third-order valence-corrected chi connectivity index (χ3v) is 9.36. The number of nitrogens with zero attached hydrogens (tertiary/aromatic N) is 4. The summed E-state index contributed by atoms with van der Waals surface area (Å²) in [5.41, 5.74) is 2.38. The largest absolute Gasteiger partial charge is 0.347 e. The van der Waals surface area contributed by atoms with Gasteiger partial charge in [-0.2, -0.15) is 22.3 Å². The van der Waals surface area contributed by atoms with Gasteiger partial charge in [-0.1, -0.05) is 24.3 Å². The monoisotopic (exact) mass is 471 g/mol. The first kappa shape index (κ1) is 22.3. The Hall–Kier alpha value is -2.48. The predicted molar refractivity (Wildman–Crippen MR) is 120 cm³/mol. The summed E-state index contributed by atoms with van der Waals surface area (Å²) in [7, 11) is -3.66. The van der Waals surface area contributed by atoms with Gasteiger partial charge in [0, 0.05) is 32.7 Å². The van der Waals surface area contributed by atoms with Crippen molar-refractivity contribution in [2.45, 2.75) is 44.2 Å². The van der Waals surface area contributed by atoms with Crippen molar-refractivity contribution in [1.82, 2.24) is 18.8 Å². The quantitative estimate of drug-likeness (QED) is 0.683. The molecule has 0 bridgehead atoms. The molecule has 3 saturated heterocycles. The molecule has 2 amide bonds. The number of fused-ring (bicyclic) bond motifs is 1. The fourth-order valence-electron chi connectivity index (χ4n) is 5.42. The van der Waals surface area contributed by atoms with Gasteiger partial charge in [0.15, 0.2) is 0 Å². The Balaban J connectivity index is 1.21. The van der Waals surface area contributed by atoms with Gasteiger partial charge in [-0.05, 0) is 43.2 Å². The second-order valence-corrected chi connectivity index (χ2v) is 11.4. The molecule has 33 heavy (non-hydrogen) atoms. The van der Waals surface area contributed by atoms with E-state index in [4.69, 9.17) is 5.26 Å². The Morgan fingerprint density at radius 1 is 1.03 bits per heavy atom. The Morgan fingerprint density at radius 3 is 2.55 bits per heavy atom. The molecular weight excluding hydrogens is 442 g/mol. The number of carbonyl (C=O) groups excluding carboxylic acids is 2. The molecule has 1 N–H and O–H groups in total. The van der Waals surface area contributed by atoms with Crippen LogP contribution in [-0.2, 0) is 26.2 Å². The summed E-state index contributed by atoms with van der Waals surface area (Å²) < 4.78 is 28.5. The first-order valence-electron chi connectivity index (χ1n) is 11.7. The molecule has 0 saturated carbocycles. The minimum atomic E-state index is -3.66. The zero-order valence-corrected chi connectivity index (χ0v) is 19.3. The van der Waals surface area contributed by atoms with Crippen LogP contribution in [0.4, 0.5) is 0 Å². The summed E-state index contributed by atoms with van der Waals surface area (Å²) in [6.45, 7) is 1.47. The highest BCUT2D eigenvalue weighted by molar-refractivity contribution is 7.86. The van der Waals surface area contributed by atoms with Crippen LogP contribution in [0.1, 0.15) is 42.9 Å². The highest BCUT2D eigenvalue weighted by Gasteiger charge is 2.44. The maximum Gasteiger partial charge on any atom is 0.282 e. The van der Waals surface area contributed by atoms with Crippen molar-refractivity contribution < 1.29 is 18.0 Å². The number of hydrogen-bond acceptors (Lipinski definition) is 5. The summed E-state index contributed by atoms with van der Waals surface area (Å²) in [5, 5.41) is 12.0. The lowest BCUT2D eigenvalue weighted by Gasteiger charge is -2.41. The molecule has 4 aliphatic rings. The summed E-state index contributed by atoms with van der Waals surface area (Å²) in [6, 6.07) is 9.63. The SMILES string of the molecule is N#CC1CN(S(=O)(=O)N2CCC[C@H](C(=O)N3CCC[C@@H]3C(=O)N[C@@H]3Cc4ccccc43)C2)C1. The molecule has 3 aliphatic heterocycles. The van der Waals surface area contributed by atoms with E-state index in [2.05, 4.69) is 17.5 Å². The van der Waals surface area contributed by atoms with E-state index in [9.17, 15) is 18.0 Å². The van der Waals surface area contributed by atoms with Crippen molar-refractivity contribution in [2.75, 3.05) is 32.7 Å². The standard InChI is InChI=1S/C23H29N5O4S/c24-12-16-13-27(14-16)33(31,32)26-9-3-6-18(15-26)23(30)28-10-4-8-21(28)22(29)25-20-11-17-5-1-2-7-19(17)20/h1-2,5,7,16,18,20-21H,3-4,6,8-11,13-15H2,(H,25,29)/t18-,20+,21+/m0/s1. The molecule has 176 valence electrons. The van der Waals surface area contributed by atoms with Gasteiger partial charge in [-0.25, -0.2) is 0 Å². The molecule has 3 heterocycles. The Bertz CT molecular complexity index is 1090. The molecule has 1 aliphatic carbocycles. The van der Waals surface area contributed by atoms with Crippen LogP contribution in [-0.4, -0.2) is 72.5 Å². The molecule has 3 fully saturated rings. The number of amides is 2. The van der Waals surface area contributed by atoms with E-state index in [-0.39, 0.29) is 43.4 Å². The average Bonchev–Trinajstić information content (AvgIpc) is 3.26. The number of benzene rings is 1. The normalized spacial score (nSPS) is 28.3. The summed E-state index contributed by atoms with van der Waals surface area (Å²) in [6.07, 6.45) is 3.43. The van der Waals surface area contributed by atoms with Crippen molar-refractivity contribution in [3.63, 3.8) is 0 Å². The molecule has 3 atom stereocenters. The van der Waals surface area contributed by atoms with E-state index >= 15 is 0 Å². The van der Waals surface area contributed by atoms with E-state index in [1.165, 1.54) is 14.2 Å². The predicted octanol–water partition coefficient (Wildman–Crippen LogP) is 0.803. The fourth-order valence-corrected chi connectivity index (χ4v) is 7.21. The Kier molecular flexibility index (Phi) is 5.89. The number of nitriles is 1. The van der Waals surface area contributed by atoms with Gasteiger partial charge >= 0.3 is 0 Å². The van der Waals surface area contributed by atoms with Gasteiger partial charge in [-0.15, -0.1) is 0 Å².